The molecule has 0 amide bonds. The molecule has 1 saturated heterocycles. The smallest absolute Gasteiger partial charge is 0.118 e. The maximum Gasteiger partial charge on any atom is 0.118 e. The van der Waals surface area contributed by atoms with E-state index in [1.54, 1.807) is 19.2 Å². The van der Waals surface area contributed by atoms with E-state index in [2.05, 4.69) is 48.2 Å². The normalized spacial score (nSPS) is 26.1. The van der Waals surface area contributed by atoms with E-state index in [1.807, 2.05) is 11.8 Å². The van der Waals surface area contributed by atoms with Gasteiger partial charge >= 0.3 is 0 Å². The van der Waals surface area contributed by atoms with E-state index in [4.69, 9.17) is 4.74 Å². The number of benzene rings is 2. The van der Waals surface area contributed by atoms with Gasteiger partial charge < -0.3 is 14.7 Å². The Hall–Kier alpha value is -1.65. The van der Waals surface area contributed by atoms with Crippen LogP contribution >= 0.6 is 11.8 Å². The fourth-order valence-electron chi connectivity index (χ4n) is 4.73. The van der Waals surface area contributed by atoms with E-state index in [9.17, 15) is 5.11 Å². The molecule has 2 fully saturated rings. The highest BCUT2D eigenvalue weighted by molar-refractivity contribution is 8.00. The van der Waals surface area contributed by atoms with Crippen molar-refractivity contribution in [2.24, 2.45) is 11.8 Å². The van der Waals surface area contributed by atoms with E-state index < -0.39 is 0 Å². The fraction of sp³-hybridized carbons (Fsp3) is 0.478. The summed E-state index contributed by atoms with van der Waals surface area (Å²) in [4.78, 5) is 4.01. The zero-order valence-electron chi connectivity index (χ0n) is 16.2. The second-order valence-corrected chi connectivity index (χ2v) is 9.49. The topological polar surface area (TPSA) is 32.7 Å². The third-order valence-electron chi connectivity index (χ3n) is 6.14. The Balaban J connectivity index is 1.27. The van der Waals surface area contributed by atoms with Gasteiger partial charge in [-0.2, -0.15) is 0 Å². The molecule has 4 heteroatoms. The predicted octanol–water partition coefficient (Wildman–Crippen LogP) is 5.01. The number of rotatable bonds is 6. The molecular weight excluding hydrogens is 354 g/mol. The van der Waals surface area contributed by atoms with E-state index in [0.29, 0.717) is 11.7 Å². The van der Waals surface area contributed by atoms with Crippen molar-refractivity contribution in [2.75, 3.05) is 26.7 Å². The molecule has 2 unspecified atom stereocenters. The number of phenolic OH excluding ortho intramolecular Hbond substituents is 1. The number of nitrogens with zero attached hydrogens (tertiary/aromatic N) is 1. The molecule has 4 atom stereocenters. The van der Waals surface area contributed by atoms with Gasteiger partial charge in [-0.05, 0) is 72.6 Å². The molecule has 1 aliphatic heterocycles. The number of ether oxygens (including phenoxy) is 1. The molecule has 4 rings (SSSR count). The summed E-state index contributed by atoms with van der Waals surface area (Å²) in [6.07, 6.45) is 2.68. The predicted molar refractivity (Wildman–Crippen MR) is 112 cm³/mol. The van der Waals surface area contributed by atoms with Crippen molar-refractivity contribution >= 4 is 11.8 Å². The van der Waals surface area contributed by atoms with Gasteiger partial charge in [-0.15, -0.1) is 11.8 Å². The molecule has 0 bridgehead atoms. The average molecular weight is 384 g/mol. The number of likely N-dealkylation sites (tertiary alicyclic amines) is 1. The highest BCUT2D eigenvalue weighted by Gasteiger charge is 2.41. The standard InChI is InChI=1S/C23H29NO2S/c1-16(17-3-5-20(25)6-4-17)13-24-14-18-11-23(12-19(18)15-24)27-22-9-7-21(26-2)8-10-22/h3-10,16,18-19,23,25H,11-15H2,1-2H3/t16?,18-,19+,23?. The second kappa shape index (κ2) is 8.15. The molecule has 0 radical (unpaired) electrons. The highest BCUT2D eigenvalue weighted by atomic mass is 32.2. The van der Waals surface area contributed by atoms with Gasteiger partial charge in [0.25, 0.3) is 0 Å². The summed E-state index contributed by atoms with van der Waals surface area (Å²) >= 11 is 2.04. The van der Waals surface area contributed by atoms with Crippen LogP contribution in [0.5, 0.6) is 11.5 Å². The van der Waals surface area contributed by atoms with Crippen LogP contribution in [0.2, 0.25) is 0 Å². The first-order valence-electron chi connectivity index (χ1n) is 9.92. The maximum atomic E-state index is 9.47. The van der Waals surface area contributed by atoms with E-state index >= 15 is 0 Å². The van der Waals surface area contributed by atoms with Gasteiger partial charge in [0.1, 0.15) is 11.5 Å². The van der Waals surface area contributed by atoms with Gasteiger partial charge in [-0.25, -0.2) is 0 Å². The van der Waals surface area contributed by atoms with Crippen LogP contribution in [0, 0.1) is 11.8 Å². The molecule has 1 heterocycles. The summed E-state index contributed by atoms with van der Waals surface area (Å²) in [5, 5.41) is 10.2. The van der Waals surface area contributed by atoms with E-state index in [-0.39, 0.29) is 0 Å². The molecule has 27 heavy (non-hydrogen) atoms. The zero-order chi connectivity index (χ0) is 18.8. The number of thioether (sulfide) groups is 1. The first-order chi connectivity index (χ1) is 13.1. The molecule has 2 aromatic rings. The molecule has 1 N–H and O–H groups in total. The summed E-state index contributed by atoms with van der Waals surface area (Å²) in [7, 11) is 1.72. The maximum absolute atomic E-state index is 9.47. The first-order valence-corrected chi connectivity index (χ1v) is 10.8. The molecule has 2 aliphatic rings. The van der Waals surface area contributed by atoms with Crippen molar-refractivity contribution in [3.05, 3.63) is 54.1 Å². The first kappa shape index (κ1) is 18.7. The summed E-state index contributed by atoms with van der Waals surface area (Å²) in [6.45, 7) is 5.90. The SMILES string of the molecule is COc1ccc(SC2C[C@@H]3CN(CC(C)c4ccc(O)cc4)C[C@@H]3C2)cc1. The molecule has 0 spiro atoms. The second-order valence-electron chi connectivity index (χ2n) is 8.12. The number of hydrogen-bond acceptors (Lipinski definition) is 4. The van der Waals surface area contributed by atoms with Crippen molar-refractivity contribution in [1.29, 1.82) is 0 Å². The minimum Gasteiger partial charge on any atom is -0.508 e. The largest absolute Gasteiger partial charge is 0.508 e. The van der Waals surface area contributed by atoms with Crippen molar-refractivity contribution in [2.45, 2.75) is 35.8 Å². The van der Waals surface area contributed by atoms with Gasteiger partial charge in [0.15, 0.2) is 0 Å². The Labute approximate surface area is 166 Å². The number of fused-ring (bicyclic) bond motifs is 1. The third-order valence-corrected chi connectivity index (χ3v) is 7.40. The number of aromatic hydroxyl groups is 1. The third kappa shape index (κ3) is 4.44. The number of hydrogen-bond donors (Lipinski definition) is 1. The Kier molecular flexibility index (Phi) is 5.65. The lowest BCUT2D eigenvalue weighted by atomic mass is 10.0. The fourth-order valence-corrected chi connectivity index (χ4v) is 6.09. The summed E-state index contributed by atoms with van der Waals surface area (Å²) in [5.74, 6) is 3.50. The lowest BCUT2D eigenvalue weighted by Crippen LogP contribution is -2.27. The van der Waals surface area contributed by atoms with Crippen LogP contribution in [0.3, 0.4) is 0 Å². The van der Waals surface area contributed by atoms with Crippen LogP contribution in [0.1, 0.15) is 31.2 Å². The summed E-state index contributed by atoms with van der Waals surface area (Å²) < 4.78 is 5.25. The molecule has 1 aliphatic carbocycles. The monoisotopic (exact) mass is 383 g/mol. The van der Waals surface area contributed by atoms with Gasteiger partial charge in [0, 0.05) is 29.8 Å². The van der Waals surface area contributed by atoms with Crippen molar-refractivity contribution < 1.29 is 9.84 Å². The lowest BCUT2D eigenvalue weighted by Gasteiger charge is -2.23. The average Bonchev–Trinajstić information content (AvgIpc) is 3.20. The van der Waals surface area contributed by atoms with Crippen molar-refractivity contribution in [3.63, 3.8) is 0 Å². The van der Waals surface area contributed by atoms with Crippen LogP contribution in [0.4, 0.5) is 0 Å². The van der Waals surface area contributed by atoms with Crippen molar-refractivity contribution in [3.8, 4) is 11.5 Å². The van der Waals surface area contributed by atoms with Gasteiger partial charge in [0.05, 0.1) is 7.11 Å². The van der Waals surface area contributed by atoms with Crippen LogP contribution in [0.25, 0.3) is 0 Å². The Bertz CT molecular complexity index is 732. The molecule has 2 aromatic carbocycles. The number of methoxy groups -OCH3 is 1. The minimum absolute atomic E-state index is 0.349. The van der Waals surface area contributed by atoms with Crippen molar-refractivity contribution in [1.82, 2.24) is 4.90 Å². The quantitative estimate of drug-likeness (QED) is 0.760. The summed E-state index contributed by atoms with van der Waals surface area (Å²) in [5.41, 5.74) is 1.32. The van der Waals surface area contributed by atoms with Crippen LogP contribution in [0.15, 0.2) is 53.4 Å². The molecule has 1 saturated carbocycles. The molecule has 0 aromatic heterocycles. The lowest BCUT2D eigenvalue weighted by molar-refractivity contribution is 0.296. The van der Waals surface area contributed by atoms with Gasteiger partial charge in [-0.1, -0.05) is 19.1 Å². The molecule has 144 valence electrons. The number of phenols is 1. The Morgan fingerprint density at radius 2 is 1.67 bits per heavy atom. The van der Waals surface area contributed by atoms with E-state index in [0.717, 1.165) is 29.4 Å². The molecule has 3 nitrogen and oxygen atoms in total. The summed E-state index contributed by atoms with van der Waals surface area (Å²) in [6, 6.07) is 16.2. The highest BCUT2D eigenvalue weighted by Crippen LogP contribution is 2.45. The zero-order valence-corrected chi connectivity index (χ0v) is 17.0. The van der Waals surface area contributed by atoms with Gasteiger partial charge in [-0.3, -0.25) is 0 Å². The van der Waals surface area contributed by atoms with Gasteiger partial charge in [0.2, 0.25) is 0 Å². The van der Waals surface area contributed by atoms with Crippen LogP contribution < -0.4 is 4.74 Å². The minimum atomic E-state index is 0.349. The van der Waals surface area contributed by atoms with Crippen LogP contribution in [-0.4, -0.2) is 42.0 Å². The van der Waals surface area contributed by atoms with Crippen LogP contribution in [-0.2, 0) is 0 Å². The Morgan fingerprint density at radius 3 is 2.26 bits per heavy atom. The molecular formula is C23H29NO2S. The van der Waals surface area contributed by atoms with E-state index in [1.165, 1.54) is 36.4 Å². The Morgan fingerprint density at radius 1 is 1.04 bits per heavy atom.